The maximum Gasteiger partial charge on any atom is 0.281 e. The molecule has 1 aliphatic heterocycles. The zero-order valence-electron chi connectivity index (χ0n) is 18.8. The third-order valence-electron chi connectivity index (χ3n) is 5.79. The van der Waals surface area contributed by atoms with Gasteiger partial charge in [0.15, 0.2) is 5.03 Å². The van der Waals surface area contributed by atoms with Gasteiger partial charge in [0.1, 0.15) is 11.6 Å². The molecule has 172 valence electrons. The maximum absolute atomic E-state index is 13.4. The molecule has 33 heavy (non-hydrogen) atoms. The van der Waals surface area contributed by atoms with Crippen molar-refractivity contribution in [1.82, 2.24) is 14.7 Å². The molecule has 0 aliphatic carbocycles. The van der Waals surface area contributed by atoms with Crippen LogP contribution in [-0.4, -0.2) is 36.4 Å². The number of benzene rings is 1. The van der Waals surface area contributed by atoms with E-state index < -0.39 is 15.9 Å². The van der Waals surface area contributed by atoms with E-state index in [1.54, 1.807) is 12.3 Å². The van der Waals surface area contributed by atoms with Crippen molar-refractivity contribution in [3.8, 4) is 11.1 Å². The first-order valence-electron chi connectivity index (χ1n) is 10.7. The highest BCUT2D eigenvalue weighted by Gasteiger charge is 2.39. The fraction of sp³-hybridized carbons (Fsp3) is 0.292. The van der Waals surface area contributed by atoms with E-state index in [1.807, 2.05) is 30.3 Å². The van der Waals surface area contributed by atoms with E-state index in [2.05, 4.69) is 40.4 Å². The van der Waals surface area contributed by atoms with Crippen LogP contribution >= 0.6 is 0 Å². The summed E-state index contributed by atoms with van der Waals surface area (Å²) in [5, 5.41) is -0.320. The van der Waals surface area contributed by atoms with Crippen LogP contribution in [0.3, 0.4) is 0 Å². The van der Waals surface area contributed by atoms with Gasteiger partial charge in [-0.05, 0) is 49.9 Å². The Bertz CT molecular complexity index is 1290. The SMILES string of the molecule is CC1CN(c2ncc(-c3ccccc3)cc2C(=O)NS(=O)(=O)c2cccc(N)n2)C(C)(C)C1. The molecule has 1 aliphatic rings. The van der Waals surface area contributed by atoms with Gasteiger partial charge in [-0.15, -0.1) is 0 Å². The molecule has 0 spiro atoms. The maximum atomic E-state index is 13.4. The Labute approximate surface area is 193 Å². The summed E-state index contributed by atoms with van der Waals surface area (Å²) < 4.78 is 27.8. The molecule has 0 bridgehead atoms. The first kappa shape index (κ1) is 22.7. The second-order valence-corrected chi connectivity index (χ2v) is 10.7. The van der Waals surface area contributed by atoms with E-state index in [1.165, 1.54) is 18.2 Å². The van der Waals surface area contributed by atoms with Crippen LogP contribution in [0.4, 0.5) is 11.6 Å². The summed E-state index contributed by atoms with van der Waals surface area (Å²) in [6.07, 6.45) is 2.65. The van der Waals surface area contributed by atoms with E-state index in [-0.39, 0.29) is 21.9 Å². The minimum absolute atomic E-state index is 0.0477. The summed E-state index contributed by atoms with van der Waals surface area (Å²) >= 11 is 0. The lowest BCUT2D eigenvalue weighted by molar-refractivity contribution is 0.0981. The highest BCUT2D eigenvalue weighted by atomic mass is 32.2. The number of nitrogens with one attached hydrogen (secondary N) is 1. The number of sulfonamides is 1. The smallest absolute Gasteiger partial charge is 0.281 e. The summed E-state index contributed by atoms with van der Waals surface area (Å²) in [5.74, 6) is 0.144. The Morgan fingerprint density at radius 2 is 1.85 bits per heavy atom. The van der Waals surface area contributed by atoms with Crippen LogP contribution in [-0.2, 0) is 10.0 Å². The average molecular weight is 466 g/mol. The molecule has 3 N–H and O–H groups in total. The van der Waals surface area contributed by atoms with Crippen molar-refractivity contribution in [2.24, 2.45) is 5.92 Å². The predicted octanol–water partition coefficient (Wildman–Crippen LogP) is 3.47. The molecule has 3 heterocycles. The van der Waals surface area contributed by atoms with Crippen molar-refractivity contribution in [3.63, 3.8) is 0 Å². The van der Waals surface area contributed by atoms with Crippen LogP contribution in [0.5, 0.6) is 0 Å². The molecule has 3 aromatic rings. The lowest BCUT2D eigenvalue weighted by Crippen LogP contribution is -2.41. The van der Waals surface area contributed by atoms with Gasteiger partial charge in [-0.3, -0.25) is 4.79 Å². The second kappa shape index (κ2) is 8.47. The number of amides is 1. The summed E-state index contributed by atoms with van der Waals surface area (Å²) in [7, 11) is -4.22. The van der Waals surface area contributed by atoms with Crippen LogP contribution in [0, 0.1) is 5.92 Å². The van der Waals surface area contributed by atoms with Gasteiger partial charge in [0.05, 0.1) is 5.56 Å². The van der Waals surface area contributed by atoms with Crippen LogP contribution in [0.25, 0.3) is 11.1 Å². The van der Waals surface area contributed by atoms with E-state index in [4.69, 9.17) is 5.73 Å². The molecule has 1 amide bonds. The summed E-state index contributed by atoms with van der Waals surface area (Å²) in [4.78, 5) is 23.9. The highest BCUT2D eigenvalue weighted by molar-refractivity contribution is 7.90. The number of nitrogens with zero attached hydrogens (tertiary/aromatic N) is 3. The summed E-state index contributed by atoms with van der Waals surface area (Å²) in [6.45, 7) is 7.06. The van der Waals surface area contributed by atoms with Gasteiger partial charge in [-0.25, -0.2) is 14.7 Å². The number of pyridine rings is 2. The van der Waals surface area contributed by atoms with Gasteiger partial charge < -0.3 is 10.6 Å². The normalized spacial score (nSPS) is 17.7. The molecule has 0 saturated carbocycles. The van der Waals surface area contributed by atoms with Crippen molar-refractivity contribution in [2.75, 3.05) is 17.2 Å². The number of aromatic nitrogens is 2. The Hall–Kier alpha value is -3.46. The summed E-state index contributed by atoms with van der Waals surface area (Å²) in [6, 6.07) is 15.4. The first-order chi connectivity index (χ1) is 15.6. The molecule has 1 unspecified atom stereocenters. The van der Waals surface area contributed by atoms with Crippen LogP contribution in [0.2, 0.25) is 0 Å². The molecule has 9 heteroatoms. The molecule has 1 saturated heterocycles. The number of anilines is 2. The molecule has 1 fully saturated rings. The Morgan fingerprint density at radius 3 is 2.48 bits per heavy atom. The van der Waals surface area contributed by atoms with E-state index >= 15 is 0 Å². The zero-order chi connectivity index (χ0) is 23.8. The molecule has 1 atom stereocenters. The lowest BCUT2D eigenvalue weighted by atomic mass is 9.97. The van der Waals surface area contributed by atoms with Gasteiger partial charge in [-0.2, -0.15) is 8.42 Å². The third-order valence-corrected chi connectivity index (χ3v) is 7.03. The van der Waals surface area contributed by atoms with Crippen molar-refractivity contribution in [2.45, 2.75) is 37.8 Å². The van der Waals surface area contributed by atoms with Gasteiger partial charge in [-0.1, -0.05) is 43.3 Å². The molecule has 0 radical (unpaired) electrons. The van der Waals surface area contributed by atoms with Gasteiger partial charge in [0.2, 0.25) is 0 Å². The van der Waals surface area contributed by atoms with Gasteiger partial charge in [0.25, 0.3) is 15.9 Å². The highest BCUT2D eigenvalue weighted by Crippen LogP contribution is 2.38. The molecule has 4 rings (SSSR count). The Kier molecular flexibility index (Phi) is 5.84. The van der Waals surface area contributed by atoms with Gasteiger partial charge >= 0.3 is 0 Å². The number of nitrogen functional groups attached to an aromatic ring is 1. The second-order valence-electron chi connectivity index (χ2n) is 9.03. The standard InChI is InChI=1S/C24H27N5O3S/c1-16-13-24(2,3)29(15-16)22-19(12-18(14-26-22)17-8-5-4-6-9-17)23(30)28-33(31,32)21-11-7-10-20(25)27-21/h4-12,14,16H,13,15H2,1-3H3,(H2,25,27)(H,28,30). The van der Waals surface area contributed by atoms with Crippen LogP contribution < -0.4 is 15.4 Å². The predicted molar refractivity (Wildman–Crippen MR) is 128 cm³/mol. The van der Waals surface area contributed by atoms with E-state index in [9.17, 15) is 13.2 Å². The zero-order valence-corrected chi connectivity index (χ0v) is 19.6. The van der Waals surface area contributed by atoms with Crippen molar-refractivity contribution < 1.29 is 13.2 Å². The Morgan fingerprint density at radius 1 is 1.12 bits per heavy atom. The summed E-state index contributed by atoms with van der Waals surface area (Å²) in [5.41, 5.74) is 7.17. The lowest BCUT2D eigenvalue weighted by Gasteiger charge is -2.33. The fourth-order valence-electron chi connectivity index (χ4n) is 4.40. The number of carbonyl (C=O) groups is 1. The monoisotopic (exact) mass is 465 g/mol. The van der Waals surface area contributed by atoms with Gasteiger partial charge in [0, 0.05) is 23.8 Å². The number of nitrogens with two attached hydrogens (primary N) is 1. The van der Waals surface area contributed by atoms with Crippen molar-refractivity contribution in [3.05, 3.63) is 66.4 Å². The van der Waals surface area contributed by atoms with Crippen molar-refractivity contribution in [1.29, 1.82) is 0 Å². The third kappa shape index (κ3) is 4.68. The molecule has 1 aromatic carbocycles. The minimum atomic E-state index is -4.22. The van der Waals surface area contributed by atoms with Crippen LogP contribution in [0.15, 0.2) is 65.8 Å². The molecular formula is C24H27N5O3S. The molecular weight excluding hydrogens is 438 g/mol. The first-order valence-corrected chi connectivity index (χ1v) is 12.2. The quantitative estimate of drug-likeness (QED) is 0.592. The molecule has 8 nitrogen and oxygen atoms in total. The fourth-order valence-corrected chi connectivity index (χ4v) is 5.34. The van der Waals surface area contributed by atoms with Crippen LogP contribution in [0.1, 0.15) is 37.6 Å². The number of hydrogen-bond acceptors (Lipinski definition) is 7. The number of rotatable bonds is 5. The molecule has 2 aromatic heterocycles. The van der Waals surface area contributed by atoms with E-state index in [0.29, 0.717) is 23.8 Å². The van der Waals surface area contributed by atoms with Crippen molar-refractivity contribution >= 4 is 27.6 Å². The van der Waals surface area contributed by atoms with E-state index in [0.717, 1.165) is 12.0 Å². The minimum Gasteiger partial charge on any atom is -0.384 e. The largest absolute Gasteiger partial charge is 0.384 e. The average Bonchev–Trinajstić information content (AvgIpc) is 3.05. The Balaban J connectivity index is 1.78. The topological polar surface area (TPSA) is 118 Å². The number of hydrogen-bond donors (Lipinski definition) is 2. The number of carbonyl (C=O) groups excluding carboxylic acids is 1.